The molecule has 0 saturated heterocycles. The van der Waals surface area contributed by atoms with E-state index in [-0.39, 0.29) is 5.75 Å². The van der Waals surface area contributed by atoms with Crippen molar-refractivity contribution >= 4 is 22.8 Å². The van der Waals surface area contributed by atoms with Gasteiger partial charge in [-0.15, -0.1) is 11.8 Å². The van der Waals surface area contributed by atoms with Gasteiger partial charge in [-0.3, -0.25) is 0 Å². The van der Waals surface area contributed by atoms with Crippen LogP contribution in [0.2, 0.25) is 0 Å². The van der Waals surface area contributed by atoms with E-state index in [9.17, 15) is 5.11 Å². The fourth-order valence-electron chi connectivity index (χ4n) is 2.86. The van der Waals surface area contributed by atoms with Gasteiger partial charge in [-0.1, -0.05) is 18.2 Å². The van der Waals surface area contributed by atoms with E-state index in [1.807, 2.05) is 42.1 Å². The highest BCUT2D eigenvalue weighted by molar-refractivity contribution is 7.98. The maximum atomic E-state index is 10.3. The summed E-state index contributed by atoms with van der Waals surface area (Å²) in [6, 6.07) is 14.0. The number of benzene rings is 2. The molecule has 0 amide bonds. The summed E-state index contributed by atoms with van der Waals surface area (Å²) < 4.78 is 4.03. The average molecular weight is 350 g/mol. The summed E-state index contributed by atoms with van der Waals surface area (Å²) >= 11 is 1.76. The molecule has 4 aromatic rings. The van der Waals surface area contributed by atoms with Crippen molar-refractivity contribution in [2.45, 2.75) is 17.2 Å². The molecular weight excluding hydrogens is 332 g/mol. The quantitative estimate of drug-likeness (QED) is 0.556. The molecule has 2 aromatic heterocycles. The van der Waals surface area contributed by atoms with E-state index in [0.717, 1.165) is 28.2 Å². The number of aromatic hydroxyl groups is 1. The largest absolute Gasteiger partial charge is 0.508 e. The summed E-state index contributed by atoms with van der Waals surface area (Å²) in [4.78, 5) is 10.1. The van der Waals surface area contributed by atoms with Gasteiger partial charge in [-0.05, 0) is 24.3 Å². The van der Waals surface area contributed by atoms with E-state index in [0.29, 0.717) is 6.54 Å². The lowest BCUT2D eigenvalue weighted by molar-refractivity contribution is 0.467. The third kappa shape index (κ3) is 3.13. The van der Waals surface area contributed by atoms with Crippen LogP contribution in [0.3, 0.4) is 0 Å². The molecule has 126 valence electrons. The molecule has 0 aliphatic carbocycles. The number of fused-ring (bicyclic) bond motifs is 1. The number of phenols is 1. The molecule has 4 rings (SSSR count). The molecule has 2 heterocycles. The van der Waals surface area contributed by atoms with Gasteiger partial charge in [0.1, 0.15) is 11.6 Å². The molecule has 0 spiro atoms. The number of thioether (sulfide) groups is 1. The Hall–Kier alpha value is -2.73. The van der Waals surface area contributed by atoms with Crippen molar-refractivity contribution in [1.29, 1.82) is 0 Å². The van der Waals surface area contributed by atoms with E-state index in [1.54, 1.807) is 30.4 Å². The van der Waals surface area contributed by atoms with Crippen molar-refractivity contribution in [2.75, 3.05) is 0 Å². The van der Waals surface area contributed by atoms with E-state index >= 15 is 0 Å². The zero-order valence-electron chi connectivity index (χ0n) is 13.8. The predicted molar refractivity (Wildman–Crippen MR) is 99.7 cm³/mol. The van der Waals surface area contributed by atoms with Crippen molar-refractivity contribution in [2.24, 2.45) is 7.05 Å². The zero-order valence-corrected chi connectivity index (χ0v) is 14.6. The highest BCUT2D eigenvalue weighted by Gasteiger charge is 2.15. The standard InChI is InChI=1S/C19H18N4OS/c1-22-16-7-8-17(24)15(11-23-10-9-20-13-23)19(16)21-18(22)12-25-14-5-3-2-4-6-14/h2-10,13,24H,11-12H2,1H3. The van der Waals surface area contributed by atoms with Gasteiger partial charge < -0.3 is 14.2 Å². The Morgan fingerprint density at radius 1 is 1.12 bits per heavy atom. The minimum atomic E-state index is 0.265. The molecule has 0 saturated carbocycles. The number of nitrogens with zero attached hydrogens (tertiary/aromatic N) is 4. The molecule has 0 atom stereocenters. The Balaban J connectivity index is 1.68. The molecule has 5 nitrogen and oxygen atoms in total. The monoisotopic (exact) mass is 350 g/mol. The average Bonchev–Trinajstić information content (AvgIpc) is 3.25. The van der Waals surface area contributed by atoms with Gasteiger partial charge in [0.05, 0.1) is 29.7 Å². The first-order valence-electron chi connectivity index (χ1n) is 8.02. The summed E-state index contributed by atoms with van der Waals surface area (Å²) in [5, 5.41) is 10.3. The normalized spacial score (nSPS) is 11.2. The SMILES string of the molecule is Cn1c(CSc2ccccc2)nc2c(Cn3ccnc3)c(O)ccc21. The van der Waals surface area contributed by atoms with Gasteiger partial charge in [0.25, 0.3) is 0 Å². The first-order chi connectivity index (χ1) is 12.2. The first-order valence-corrected chi connectivity index (χ1v) is 9.00. The van der Waals surface area contributed by atoms with Crippen molar-refractivity contribution in [3.63, 3.8) is 0 Å². The van der Waals surface area contributed by atoms with Crippen molar-refractivity contribution < 1.29 is 5.11 Å². The molecule has 1 N–H and O–H groups in total. The third-order valence-electron chi connectivity index (χ3n) is 4.24. The lowest BCUT2D eigenvalue weighted by Gasteiger charge is -2.07. The maximum Gasteiger partial charge on any atom is 0.122 e. The van der Waals surface area contributed by atoms with Crippen LogP contribution in [0.5, 0.6) is 5.75 Å². The van der Waals surface area contributed by atoms with Crippen molar-refractivity contribution in [3.8, 4) is 5.75 Å². The molecule has 2 aromatic carbocycles. The molecule has 0 fully saturated rings. The van der Waals surface area contributed by atoms with Crippen LogP contribution < -0.4 is 0 Å². The Labute approximate surface area is 150 Å². The summed E-state index contributed by atoms with van der Waals surface area (Å²) in [5.74, 6) is 2.03. The van der Waals surface area contributed by atoms with Crippen LogP contribution in [-0.4, -0.2) is 24.2 Å². The predicted octanol–water partition coefficient (Wildman–Crippen LogP) is 3.82. The minimum Gasteiger partial charge on any atom is -0.508 e. The number of hydrogen-bond acceptors (Lipinski definition) is 4. The highest BCUT2D eigenvalue weighted by Crippen LogP contribution is 2.30. The molecule has 25 heavy (non-hydrogen) atoms. The van der Waals surface area contributed by atoms with Crippen LogP contribution in [0.25, 0.3) is 11.0 Å². The van der Waals surface area contributed by atoms with E-state index in [4.69, 9.17) is 4.98 Å². The van der Waals surface area contributed by atoms with Gasteiger partial charge >= 0.3 is 0 Å². The fraction of sp³-hybridized carbons (Fsp3) is 0.158. The van der Waals surface area contributed by atoms with Crippen LogP contribution in [0, 0.1) is 0 Å². The second-order valence-corrected chi connectivity index (χ2v) is 6.90. The third-order valence-corrected chi connectivity index (χ3v) is 5.25. The van der Waals surface area contributed by atoms with Crippen LogP contribution in [0.4, 0.5) is 0 Å². The van der Waals surface area contributed by atoms with Gasteiger partial charge in [-0.2, -0.15) is 0 Å². The minimum absolute atomic E-state index is 0.265. The number of aromatic nitrogens is 4. The summed E-state index contributed by atoms with van der Waals surface area (Å²) in [6.45, 7) is 0.547. The van der Waals surface area contributed by atoms with Gasteiger partial charge in [0.15, 0.2) is 0 Å². The second-order valence-electron chi connectivity index (χ2n) is 5.85. The lowest BCUT2D eigenvalue weighted by atomic mass is 10.1. The number of hydrogen-bond donors (Lipinski definition) is 1. The highest BCUT2D eigenvalue weighted by atomic mass is 32.2. The lowest BCUT2D eigenvalue weighted by Crippen LogP contribution is -1.98. The number of aryl methyl sites for hydroxylation is 1. The van der Waals surface area contributed by atoms with E-state index < -0.39 is 0 Å². The molecule has 0 bridgehead atoms. The molecule has 0 radical (unpaired) electrons. The molecule has 0 aliphatic heterocycles. The molecular formula is C19H18N4OS. The van der Waals surface area contributed by atoms with Crippen LogP contribution >= 0.6 is 11.8 Å². The Kier molecular flexibility index (Phi) is 4.19. The second kappa shape index (κ2) is 6.64. The molecule has 6 heteroatoms. The number of imidazole rings is 2. The van der Waals surface area contributed by atoms with Gasteiger partial charge in [0, 0.05) is 29.9 Å². The van der Waals surface area contributed by atoms with Gasteiger partial charge in [-0.25, -0.2) is 9.97 Å². The van der Waals surface area contributed by atoms with Crippen LogP contribution in [0.15, 0.2) is 66.1 Å². The number of rotatable bonds is 5. The Bertz CT molecular complexity index is 993. The smallest absolute Gasteiger partial charge is 0.122 e. The number of phenolic OH excluding ortho intramolecular Hbond substituents is 1. The Morgan fingerprint density at radius 3 is 2.72 bits per heavy atom. The van der Waals surface area contributed by atoms with E-state index in [1.165, 1.54) is 4.90 Å². The van der Waals surface area contributed by atoms with Crippen molar-refractivity contribution in [1.82, 2.24) is 19.1 Å². The van der Waals surface area contributed by atoms with E-state index in [2.05, 4.69) is 21.7 Å². The Morgan fingerprint density at radius 2 is 1.96 bits per heavy atom. The van der Waals surface area contributed by atoms with Gasteiger partial charge in [0.2, 0.25) is 0 Å². The zero-order chi connectivity index (χ0) is 17.2. The maximum absolute atomic E-state index is 10.3. The first kappa shape index (κ1) is 15.8. The summed E-state index contributed by atoms with van der Waals surface area (Å²) in [5.41, 5.74) is 2.69. The summed E-state index contributed by atoms with van der Waals surface area (Å²) in [7, 11) is 2.02. The summed E-state index contributed by atoms with van der Waals surface area (Å²) in [6.07, 6.45) is 5.36. The van der Waals surface area contributed by atoms with Crippen LogP contribution in [0.1, 0.15) is 11.4 Å². The van der Waals surface area contributed by atoms with Crippen molar-refractivity contribution in [3.05, 3.63) is 72.6 Å². The molecule has 0 aliphatic rings. The topological polar surface area (TPSA) is 55.9 Å². The fourth-order valence-corrected chi connectivity index (χ4v) is 3.77. The van der Waals surface area contributed by atoms with Crippen LogP contribution in [-0.2, 0) is 19.3 Å². The molecule has 0 unspecified atom stereocenters.